The summed E-state index contributed by atoms with van der Waals surface area (Å²) >= 11 is 0. The minimum Gasteiger partial charge on any atom is -0.384 e. The van der Waals surface area contributed by atoms with E-state index in [-0.39, 0.29) is 29.5 Å². The van der Waals surface area contributed by atoms with Crippen molar-refractivity contribution in [1.82, 2.24) is 0 Å². The molecular formula is C34H41NO4. The SMILES string of the molecule is CCC(=O)[C@@]1(C#CCO)CC[C@H]2[C@@H]3CCC4=CC(=O)CCC4=C3[C@@H](c3ccc(N4CCOCC4)cc3)C[C@@]21C. The van der Waals surface area contributed by atoms with E-state index in [1.807, 2.05) is 13.0 Å². The fourth-order valence-corrected chi connectivity index (χ4v) is 8.95. The topological polar surface area (TPSA) is 66.8 Å². The number of carbonyl (C=O) groups excluding carboxylic acids is 2. The number of carbonyl (C=O) groups is 2. The molecule has 1 N–H and O–H groups in total. The van der Waals surface area contributed by atoms with Crippen LogP contribution in [0.2, 0.25) is 0 Å². The Kier molecular flexibility index (Phi) is 7.06. The molecule has 6 rings (SSSR count). The summed E-state index contributed by atoms with van der Waals surface area (Å²) in [5, 5.41) is 9.64. The van der Waals surface area contributed by atoms with Gasteiger partial charge in [-0.2, -0.15) is 0 Å². The fraction of sp³-hybridized carbons (Fsp3) is 0.588. The molecule has 0 aromatic heterocycles. The number of ether oxygens (including phenoxy) is 1. The lowest BCUT2D eigenvalue weighted by molar-refractivity contribution is -0.132. The Labute approximate surface area is 232 Å². The average molecular weight is 528 g/mol. The van der Waals surface area contributed by atoms with Gasteiger partial charge in [0.05, 0.1) is 18.6 Å². The highest BCUT2D eigenvalue weighted by Gasteiger charge is 2.65. The molecule has 39 heavy (non-hydrogen) atoms. The van der Waals surface area contributed by atoms with Crippen LogP contribution in [0.25, 0.3) is 0 Å². The Morgan fingerprint density at radius 3 is 2.62 bits per heavy atom. The molecular weight excluding hydrogens is 486 g/mol. The van der Waals surface area contributed by atoms with Crippen LogP contribution >= 0.6 is 0 Å². The van der Waals surface area contributed by atoms with Crippen LogP contribution < -0.4 is 4.90 Å². The van der Waals surface area contributed by atoms with E-state index in [2.05, 4.69) is 47.9 Å². The lowest BCUT2D eigenvalue weighted by Crippen LogP contribution is -2.50. The molecule has 1 saturated heterocycles. The molecule has 5 atom stereocenters. The third kappa shape index (κ3) is 4.23. The summed E-state index contributed by atoms with van der Waals surface area (Å²) in [4.78, 5) is 28.5. The summed E-state index contributed by atoms with van der Waals surface area (Å²) in [6, 6.07) is 9.11. The van der Waals surface area contributed by atoms with E-state index in [4.69, 9.17) is 4.74 Å². The van der Waals surface area contributed by atoms with Crippen LogP contribution in [0.3, 0.4) is 0 Å². The predicted octanol–water partition coefficient (Wildman–Crippen LogP) is 5.38. The number of morpholine rings is 1. The number of aliphatic hydroxyl groups excluding tert-OH is 1. The number of rotatable bonds is 4. The van der Waals surface area contributed by atoms with Crippen molar-refractivity contribution in [2.45, 2.75) is 71.1 Å². The minimum absolute atomic E-state index is 0.194. The molecule has 0 radical (unpaired) electrons. The first-order valence-corrected chi connectivity index (χ1v) is 15.0. The van der Waals surface area contributed by atoms with Crippen LogP contribution in [0.1, 0.15) is 76.7 Å². The van der Waals surface area contributed by atoms with Gasteiger partial charge in [-0.05, 0) is 90.7 Å². The van der Waals surface area contributed by atoms with E-state index >= 15 is 0 Å². The van der Waals surface area contributed by atoms with Crippen LogP contribution in [0.5, 0.6) is 0 Å². The van der Waals surface area contributed by atoms with Gasteiger partial charge in [0.25, 0.3) is 0 Å². The molecule has 4 aliphatic carbocycles. The Hall–Kier alpha value is -2.68. The first-order valence-electron chi connectivity index (χ1n) is 15.0. The van der Waals surface area contributed by atoms with Gasteiger partial charge in [0, 0.05) is 37.5 Å². The number of hydrogen-bond donors (Lipinski definition) is 1. The molecule has 206 valence electrons. The molecule has 5 aliphatic rings. The Balaban J connectivity index is 1.47. The van der Waals surface area contributed by atoms with Gasteiger partial charge in [-0.1, -0.05) is 43.4 Å². The molecule has 0 spiro atoms. The lowest BCUT2D eigenvalue weighted by Gasteiger charge is -2.54. The van der Waals surface area contributed by atoms with E-state index < -0.39 is 5.41 Å². The second kappa shape index (κ2) is 10.4. The van der Waals surface area contributed by atoms with Gasteiger partial charge >= 0.3 is 0 Å². The maximum Gasteiger partial charge on any atom is 0.156 e. The number of hydrogen-bond acceptors (Lipinski definition) is 5. The Morgan fingerprint density at radius 2 is 1.90 bits per heavy atom. The zero-order chi connectivity index (χ0) is 27.2. The number of allylic oxidation sites excluding steroid dienone is 4. The summed E-state index contributed by atoms with van der Waals surface area (Å²) in [6.45, 7) is 7.41. The second-order valence-corrected chi connectivity index (χ2v) is 12.4. The van der Waals surface area contributed by atoms with Gasteiger partial charge in [0.1, 0.15) is 6.61 Å². The summed E-state index contributed by atoms with van der Waals surface area (Å²) in [5.74, 6) is 7.77. The molecule has 5 heteroatoms. The maximum atomic E-state index is 13.7. The van der Waals surface area contributed by atoms with E-state index in [0.717, 1.165) is 64.8 Å². The number of aliphatic hydroxyl groups is 1. The standard InChI is InChI=1S/C34H41NO4/c1-3-31(38)34(14-4-18-36)15-13-30-28-11-7-24-21-26(37)10-12-27(24)32(28)29(22-33(30,34)2)23-5-8-25(9-6-23)35-16-19-39-20-17-35/h5-6,8-9,21,28-30,36H,3,7,10-13,15-20,22H2,1-2H3/t28-,29+,30-,33-,34+/m0/s1. The Bertz CT molecular complexity index is 1270. The van der Waals surface area contributed by atoms with Crippen molar-refractivity contribution in [3.63, 3.8) is 0 Å². The highest BCUT2D eigenvalue weighted by Crippen LogP contribution is 2.69. The van der Waals surface area contributed by atoms with Crippen LogP contribution in [-0.2, 0) is 14.3 Å². The molecule has 3 fully saturated rings. The van der Waals surface area contributed by atoms with Gasteiger partial charge < -0.3 is 14.7 Å². The highest BCUT2D eigenvalue weighted by atomic mass is 16.5. The molecule has 2 saturated carbocycles. The molecule has 0 unspecified atom stereocenters. The molecule has 1 aliphatic heterocycles. The van der Waals surface area contributed by atoms with Crippen LogP contribution in [-0.4, -0.2) is 49.6 Å². The quantitative estimate of drug-likeness (QED) is 0.533. The van der Waals surface area contributed by atoms with Crippen molar-refractivity contribution >= 4 is 17.3 Å². The number of anilines is 1. The summed E-state index contributed by atoms with van der Waals surface area (Å²) in [7, 11) is 0. The zero-order valence-electron chi connectivity index (χ0n) is 23.4. The number of nitrogens with zero attached hydrogens (tertiary/aromatic N) is 1. The first kappa shape index (κ1) is 26.5. The summed E-state index contributed by atoms with van der Waals surface area (Å²) in [5.41, 5.74) is 5.77. The van der Waals surface area contributed by atoms with Crippen molar-refractivity contribution in [2.24, 2.45) is 22.7 Å². The lowest BCUT2D eigenvalue weighted by atomic mass is 9.48. The van der Waals surface area contributed by atoms with Gasteiger partial charge in [0.15, 0.2) is 11.6 Å². The van der Waals surface area contributed by atoms with Crippen molar-refractivity contribution in [3.05, 3.63) is 52.6 Å². The summed E-state index contributed by atoms with van der Waals surface area (Å²) < 4.78 is 5.55. The van der Waals surface area contributed by atoms with Gasteiger partial charge in [-0.3, -0.25) is 9.59 Å². The molecule has 1 aromatic carbocycles. The maximum absolute atomic E-state index is 13.7. The van der Waals surface area contributed by atoms with E-state index in [9.17, 15) is 14.7 Å². The molecule has 0 bridgehead atoms. The van der Waals surface area contributed by atoms with Crippen molar-refractivity contribution < 1.29 is 19.4 Å². The van der Waals surface area contributed by atoms with Crippen LogP contribution in [0.15, 0.2) is 47.1 Å². The normalized spacial score (nSPS) is 33.9. The van der Waals surface area contributed by atoms with E-state index in [1.165, 1.54) is 28.0 Å². The Morgan fingerprint density at radius 1 is 1.13 bits per heavy atom. The zero-order valence-corrected chi connectivity index (χ0v) is 23.4. The number of benzene rings is 1. The molecule has 5 nitrogen and oxygen atoms in total. The van der Waals surface area contributed by atoms with Crippen molar-refractivity contribution in [3.8, 4) is 11.8 Å². The third-order valence-electron chi connectivity index (χ3n) is 10.8. The second-order valence-electron chi connectivity index (χ2n) is 12.4. The summed E-state index contributed by atoms with van der Waals surface area (Å²) in [6.07, 6.45) is 8.44. The number of Topliss-reactive ketones (excluding diaryl/α,β-unsaturated/α-hetero) is 1. The highest BCUT2D eigenvalue weighted by molar-refractivity contribution is 5.93. The molecule has 0 amide bonds. The van der Waals surface area contributed by atoms with Gasteiger partial charge in [0.2, 0.25) is 0 Å². The molecule has 1 heterocycles. The monoisotopic (exact) mass is 527 g/mol. The molecule has 1 aromatic rings. The van der Waals surface area contributed by atoms with E-state index in [0.29, 0.717) is 24.7 Å². The fourth-order valence-electron chi connectivity index (χ4n) is 8.95. The van der Waals surface area contributed by atoms with Gasteiger partial charge in [-0.25, -0.2) is 0 Å². The number of ketones is 2. The van der Waals surface area contributed by atoms with Crippen LogP contribution in [0, 0.1) is 34.5 Å². The third-order valence-corrected chi connectivity index (χ3v) is 10.8. The largest absolute Gasteiger partial charge is 0.384 e. The predicted molar refractivity (Wildman–Crippen MR) is 152 cm³/mol. The van der Waals surface area contributed by atoms with E-state index in [1.54, 1.807) is 0 Å². The van der Waals surface area contributed by atoms with Crippen LogP contribution in [0.4, 0.5) is 5.69 Å². The van der Waals surface area contributed by atoms with Gasteiger partial charge in [-0.15, -0.1) is 0 Å². The average Bonchev–Trinajstić information content (AvgIpc) is 3.28. The van der Waals surface area contributed by atoms with Crippen molar-refractivity contribution in [1.29, 1.82) is 0 Å². The van der Waals surface area contributed by atoms with Crippen molar-refractivity contribution in [2.75, 3.05) is 37.8 Å². The first-order chi connectivity index (χ1) is 18.9. The smallest absolute Gasteiger partial charge is 0.156 e. The number of fused-ring (bicyclic) bond motifs is 4. The minimum atomic E-state index is -0.712.